The highest BCUT2D eigenvalue weighted by atomic mass is 32.2. The molecule has 20 heavy (non-hydrogen) atoms. The number of aryl methyl sites for hydroxylation is 1. The van der Waals surface area contributed by atoms with Crippen molar-refractivity contribution in [3.8, 4) is 0 Å². The van der Waals surface area contributed by atoms with Crippen LogP contribution in [0.25, 0.3) is 0 Å². The van der Waals surface area contributed by atoms with Crippen LogP contribution < -0.4 is 10.5 Å². The van der Waals surface area contributed by atoms with Crippen LogP contribution in [0.4, 0.5) is 10.2 Å². The van der Waals surface area contributed by atoms with Crippen molar-refractivity contribution in [2.75, 3.05) is 4.72 Å². The molecular formula is C11H11FN4O2S2. The Morgan fingerprint density at radius 2 is 2.15 bits per heavy atom. The molecule has 0 saturated heterocycles. The van der Waals surface area contributed by atoms with E-state index in [-0.39, 0.29) is 21.3 Å². The Hall–Kier alpha value is -2.00. The molecule has 2 rings (SSSR count). The quantitative estimate of drug-likeness (QED) is 0.822. The van der Waals surface area contributed by atoms with Crippen molar-refractivity contribution in [2.45, 2.75) is 4.90 Å². The zero-order valence-corrected chi connectivity index (χ0v) is 12.0. The average Bonchev–Trinajstić information content (AvgIpc) is 2.73. The Labute approximate surface area is 120 Å². The number of halogens is 1. The van der Waals surface area contributed by atoms with Crippen LogP contribution in [0.15, 0.2) is 35.4 Å². The van der Waals surface area contributed by atoms with Crippen molar-refractivity contribution in [2.24, 2.45) is 12.8 Å². The maximum atomic E-state index is 13.7. The van der Waals surface area contributed by atoms with Gasteiger partial charge in [0.25, 0.3) is 10.0 Å². The number of nitrogens with zero attached hydrogens (tertiary/aromatic N) is 2. The lowest BCUT2D eigenvalue weighted by atomic mass is 10.2. The molecule has 106 valence electrons. The second-order valence-electron chi connectivity index (χ2n) is 3.92. The van der Waals surface area contributed by atoms with Gasteiger partial charge in [-0.3, -0.25) is 9.40 Å². The normalized spacial score (nSPS) is 11.3. The summed E-state index contributed by atoms with van der Waals surface area (Å²) in [5.74, 6) is -0.548. The van der Waals surface area contributed by atoms with Gasteiger partial charge in [-0.2, -0.15) is 5.10 Å². The Morgan fingerprint density at radius 1 is 1.45 bits per heavy atom. The van der Waals surface area contributed by atoms with Crippen LogP contribution in [0, 0.1) is 5.82 Å². The van der Waals surface area contributed by atoms with E-state index >= 15 is 0 Å². The standard InChI is InChI=1S/C11H11FN4O2S2/c1-16-9(5-6-14-16)15-20(17,18)8-4-2-3-7(12)10(8)11(13)19/h2-6,15H,1H3,(H2,13,19). The SMILES string of the molecule is Cn1nccc1NS(=O)(=O)c1cccc(F)c1C(N)=S. The van der Waals surface area contributed by atoms with Crippen LogP contribution in [0.1, 0.15) is 5.56 Å². The second kappa shape index (κ2) is 5.17. The van der Waals surface area contributed by atoms with Crippen LogP contribution in [0.3, 0.4) is 0 Å². The molecule has 0 saturated carbocycles. The van der Waals surface area contributed by atoms with E-state index in [1.54, 1.807) is 7.05 Å². The second-order valence-corrected chi connectivity index (χ2v) is 6.01. The van der Waals surface area contributed by atoms with Crippen molar-refractivity contribution in [3.05, 3.63) is 41.8 Å². The van der Waals surface area contributed by atoms with Crippen LogP contribution >= 0.6 is 12.2 Å². The molecule has 0 radical (unpaired) electrons. The van der Waals surface area contributed by atoms with Crippen molar-refractivity contribution >= 4 is 33.0 Å². The number of anilines is 1. The lowest BCUT2D eigenvalue weighted by Crippen LogP contribution is -2.22. The van der Waals surface area contributed by atoms with Gasteiger partial charge >= 0.3 is 0 Å². The number of hydrogen-bond donors (Lipinski definition) is 2. The molecule has 3 N–H and O–H groups in total. The van der Waals surface area contributed by atoms with Gasteiger partial charge in [0.15, 0.2) is 0 Å². The molecule has 1 aromatic carbocycles. The lowest BCUT2D eigenvalue weighted by molar-refractivity contribution is 0.593. The summed E-state index contributed by atoms with van der Waals surface area (Å²) in [4.78, 5) is -0.639. The first-order chi connectivity index (χ1) is 9.33. The molecule has 0 amide bonds. The smallest absolute Gasteiger partial charge is 0.263 e. The average molecular weight is 314 g/mol. The predicted octanol–water partition coefficient (Wildman–Crippen LogP) is 0.994. The monoisotopic (exact) mass is 314 g/mol. The summed E-state index contributed by atoms with van der Waals surface area (Å²) in [5.41, 5.74) is 5.09. The Kier molecular flexibility index (Phi) is 3.73. The largest absolute Gasteiger partial charge is 0.389 e. The van der Waals surface area contributed by atoms with Crippen molar-refractivity contribution in [1.82, 2.24) is 9.78 Å². The first-order valence-corrected chi connectivity index (χ1v) is 7.31. The predicted molar refractivity (Wildman–Crippen MR) is 76.3 cm³/mol. The van der Waals surface area contributed by atoms with Gasteiger partial charge in [-0.25, -0.2) is 12.8 Å². The molecular weight excluding hydrogens is 303 g/mol. The Bertz CT molecular complexity index is 770. The highest BCUT2D eigenvalue weighted by Gasteiger charge is 2.23. The summed E-state index contributed by atoms with van der Waals surface area (Å²) in [6, 6.07) is 5.07. The zero-order valence-electron chi connectivity index (χ0n) is 10.4. The highest BCUT2D eigenvalue weighted by molar-refractivity contribution is 7.93. The molecule has 0 aliphatic heterocycles. The molecule has 0 spiro atoms. The van der Waals surface area contributed by atoms with Crippen LogP contribution in [-0.2, 0) is 17.1 Å². The molecule has 2 aromatic rings. The summed E-state index contributed by atoms with van der Waals surface area (Å²) < 4.78 is 41.9. The molecule has 9 heteroatoms. The number of benzene rings is 1. The topological polar surface area (TPSA) is 90.0 Å². The number of rotatable bonds is 4. The maximum Gasteiger partial charge on any atom is 0.263 e. The first-order valence-electron chi connectivity index (χ1n) is 5.42. The van der Waals surface area contributed by atoms with Crippen LogP contribution in [-0.4, -0.2) is 23.2 Å². The summed E-state index contributed by atoms with van der Waals surface area (Å²) in [5, 5.41) is 3.83. The van der Waals surface area contributed by atoms with E-state index in [4.69, 9.17) is 18.0 Å². The number of nitrogens with one attached hydrogen (secondary N) is 1. The Balaban J connectivity index is 2.53. The fourth-order valence-electron chi connectivity index (χ4n) is 1.63. The lowest BCUT2D eigenvalue weighted by Gasteiger charge is -2.12. The minimum atomic E-state index is -4.02. The van der Waals surface area contributed by atoms with Gasteiger partial charge in [0.05, 0.1) is 11.8 Å². The van der Waals surface area contributed by atoms with E-state index in [1.165, 1.54) is 29.1 Å². The molecule has 1 heterocycles. The number of sulfonamides is 1. The van der Waals surface area contributed by atoms with Gasteiger partial charge < -0.3 is 5.73 Å². The molecule has 0 unspecified atom stereocenters. The summed E-state index contributed by atoms with van der Waals surface area (Å²) in [6.45, 7) is 0. The fourth-order valence-corrected chi connectivity index (χ4v) is 3.23. The molecule has 6 nitrogen and oxygen atoms in total. The zero-order chi connectivity index (χ0) is 14.9. The van der Waals surface area contributed by atoms with E-state index < -0.39 is 15.8 Å². The molecule has 0 fully saturated rings. The van der Waals surface area contributed by atoms with Crippen LogP contribution in [0.5, 0.6) is 0 Å². The van der Waals surface area contributed by atoms with Gasteiger partial charge in [-0.05, 0) is 12.1 Å². The fraction of sp³-hybridized carbons (Fsp3) is 0.0909. The highest BCUT2D eigenvalue weighted by Crippen LogP contribution is 2.21. The maximum absolute atomic E-state index is 13.7. The van der Waals surface area contributed by atoms with Gasteiger partial charge in [-0.1, -0.05) is 18.3 Å². The van der Waals surface area contributed by atoms with Gasteiger partial charge in [0, 0.05) is 13.1 Å². The van der Waals surface area contributed by atoms with Crippen molar-refractivity contribution in [3.63, 3.8) is 0 Å². The molecule has 0 bridgehead atoms. The summed E-state index contributed by atoms with van der Waals surface area (Å²) in [7, 11) is -2.45. The van der Waals surface area contributed by atoms with Crippen LogP contribution in [0.2, 0.25) is 0 Å². The third kappa shape index (κ3) is 2.63. The van der Waals surface area contributed by atoms with E-state index in [0.29, 0.717) is 0 Å². The van der Waals surface area contributed by atoms with Gasteiger partial charge in [-0.15, -0.1) is 0 Å². The Morgan fingerprint density at radius 3 is 2.70 bits per heavy atom. The summed E-state index contributed by atoms with van der Waals surface area (Å²) >= 11 is 4.71. The van der Waals surface area contributed by atoms with E-state index in [9.17, 15) is 12.8 Å². The van der Waals surface area contributed by atoms with Crippen molar-refractivity contribution in [1.29, 1.82) is 0 Å². The van der Waals surface area contributed by atoms with Gasteiger partial charge in [0.2, 0.25) is 0 Å². The third-order valence-corrected chi connectivity index (χ3v) is 4.17. The van der Waals surface area contributed by atoms with Crippen molar-refractivity contribution < 1.29 is 12.8 Å². The number of nitrogens with two attached hydrogens (primary N) is 1. The van der Waals surface area contributed by atoms with E-state index in [2.05, 4.69) is 9.82 Å². The molecule has 0 aliphatic carbocycles. The number of thiocarbonyl (C=S) groups is 1. The third-order valence-electron chi connectivity index (χ3n) is 2.57. The molecule has 1 aromatic heterocycles. The minimum Gasteiger partial charge on any atom is -0.389 e. The number of hydrogen-bond acceptors (Lipinski definition) is 4. The minimum absolute atomic E-state index is 0.239. The van der Waals surface area contributed by atoms with Gasteiger partial charge in [0.1, 0.15) is 21.5 Å². The van der Waals surface area contributed by atoms with E-state index in [0.717, 1.165) is 6.07 Å². The summed E-state index contributed by atoms with van der Waals surface area (Å²) in [6.07, 6.45) is 1.43. The first kappa shape index (κ1) is 14.4. The molecule has 0 aliphatic rings. The van der Waals surface area contributed by atoms with E-state index in [1.807, 2.05) is 0 Å². The number of aromatic nitrogens is 2. The molecule has 0 atom stereocenters.